The highest BCUT2D eigenvalue weighted by Gasteiger charge is 2.44. The first-order chi connectivity index (χ1) is 6.58. The summed E-state index contributed by atoms with van der Waals surface area (Å²) in [5.41, 5.74) is -1.40. The number of nitriles is 1. The molecule has 0 spiro atoms. The van der Waals surface area contributed by atoms with E-state index in [1.54, 1.807) is 13.8 Å². The monoisotopic (exact) mass is 199 g/mol. The van der Waals surface area contributed by atoms with Gasteiger partial charge in [0.1, 0.15) is 0 Å². The van der Waals surface area contributed by atoms with E-state index in [1.807, 2.05) is 13.0 Å². The SMILES string of the molecule is CCOC(=O)C(C#N)(CO)C(C)CC. The van der Waals surface area contributed by atoms with E-state index >= 15 is 0 Å². The van der Waals surface area contributed by atoms with Gasteiger partial charge in [-0.1, -0.05) is 20.3 Å². The van der Waals surface area contributed by atoms with Gasteiger partial charge in [0.05, 0.1) is 19.3 Å². The van der Waals surface area contributed by atoms with Crippen molar-refractivity contribution in [3.63, 3.8) is 0 Å². The summed E-state index contributed by atoms with van der Waals surface area (Å²) in [6.45, 7) is 5.03. The lowest BCUT2D eigenvalue weighted by atomic mass is 9.77. The summed E-state index contributed by atoms with van der Waals surface area (Å²) in [6, 6.07) is 1.88. The fraction of sp³-hybridized carbons (Fsp3) is 0.800. The van der Waals surface area contributed by atoms with Gasteiger partial charge in [0, 0.05) is 0 Å². The minimum atomic E-state index is -1.40. The number of hydrogen-bond acceptors (Lipinski definition) is 4. The van der Waals surface area contributed by atoms with Gasteiger partial charge in [0.2, 0.25) is 0 Å². The highest BCUT2D eigenvalue weighted by Crippen LogP contribution is 2.30. The van der Waals surface area contributed by atoms with Crippen molar-refractivity contribution in [2.24, 2.45) is 11.3 Å². The maximum Gasteiger partial charge on any atom is 0.329 e. The molecule has 0 aromatic carbocycles. The largest absolute Gasteiger partial charge is 0.465 e. The van der Waals surface area contributed by atoms with Crippen LogP contribution in [-0.2, 0) is 9.53 Å². The number of aliphatic hydroxyl groups is 1. The molecule has 0 rings (SSSR count). The van der Waals surface area contributed by atoms with Gasteiger partial charge in [-0.25, -0.2) is 0 Å². The van der Waals surface area contributed by atoms with Crippen LogP contribution in [0, 0.1) is 22.7 Å². The molecule has 80 valence electrons. The number of aliphatic hydroxyl groups excluding tert-OH is 1. The normalized spacial score (nSPS) is 16.5. The number of carbonyl (C=O) groups excluding carboxylic acids is 1. The summed E-state index contributed by atoms with van der Waals surface area (Å²) >= 11 is 0. The lowest BCUT2D eigenvalue weighted by molar-refractivity contribution is -0.157. The molecule has 0 aliphatic carbocycles. The van der Waals surface area contributed by atoms with Gasteiger partial charge in [0.25, 0.3) is 0 Å². The van der Waals surface area contributed by atoms with E-state index in [1.165, 1.54) is 0 Å². The van der Waals surface area contributed by atoms with Gasteiger partial charge in [-0.15, -0.1) is 0 Å². The van der Waals surface area contributed by atoms with E-state index < -0.39 is 18.0 Å². The summed E-state index contributed by atoms with van der Waals surface area (Å²) < 4.78 is 4.79. The molecule has 0 fully saturated rings. The van der Waals surface area contributed by atoms with Gasteiger partial charge < -0.3 is 9.84 Å². The third kappa shape index (κ3) is 2.24. The van der Waals surface area contributed by atoms with Crippen molar-refractivity contribution >= 4 is 5.97 Å². The van der Waals surface area contributed by atoms with Crippen molar-refractivity contribution in [1.29, 1.82) is 5.26 Å². The highest BCUT2D eigenvalue weighted by molar-refractivity contribution is 5.80. The Balaban J connectivity index is 4.89. The maximum atomic E-state index is 11.5. The van der Waals surface area contributed by atoms with E-state index in [4.69, 9.17) is 15.1 Å². The summed E-state index contributed by atoms with van der Waals surface area (Å²) in [7, 11) is 0. The van der Waals surface area contributed by atoms with E-state index in [2.05, 4.69) is 0 Å². The Morgan fingerprint density at radius 3 is 2.50 bits per heavy atom. The Morgan fingerprint density at radius 1 is 1.64 bits per heavy atom. The molecule has 0 bridgehead atoms. The van der Waals surface area contributed by atoms with Crippen LogP contribution in [0.3, 0.4) is 0 Å². The molecule has 4 nitrogen and oxygen atoms in total. The molecule has 0 amide bonds. The van der Waals surface area contributed by atoms with E-state index in [9.17, 15) is 4.79 Å². The average Bonchev–Trinajstić information content (AvgIpc) is 2.20. The lowest BCUT2D eigenvalue weighted by Gasteiger charge is -2.27. The smallest absolute Gasteiger partial charge is 0.329 e. The molecule has 0 saturated carbocycles. The summed E-state index contributed by atoms with van der Waals surface area (Å²) in [6.07, 6.45) is 0.646. The molecule has 2 atom stereocenters. The van der Waals surface area contributed by atoms with Crippen LogP contribution < -0.4 is 0 Å². The third-order valence-corrected chi connectivity index (χ3v) is 2.54. The van der Waals surface area contributed by atoms with Crippen molar-refractivity contribution in [3.05, 3.63) is 0 Å². The van der Waals surface area contributed by atoms with Gasteiger partial charge in [-0.2, -0.15) is 5.26 Å². The molecular formula is C10H17NO3. The zero-order valence-electron chi connectivity index (χ0n) is 8.91. The Hall–Kier alpha value is -1.08. The molecule has 2 unspecified atom stereocenters. The summed E-state index contributed by atoms with van der Waals surface area (Å²) in [5.74, 6) is -0.837. The Bertz CT molecular complexity index is 234. The minimum absolute atomic E-state index is 0.212. The van der Waals surface area contributed by atoms with Crippen LogP contribution in [0.1, 0.15) is 27.2 Å². The molecule has 0 aromatic heterocycles. The number of hydrogen-bond donors (Lipinski definition) is 1. The topological polar surface area (TPSA) is 70.3 Å². The molecule has 0 saturated heterocycles. The second-order valence-corrected chi connectivity index (χ2v) is 3.27. The van der Waals surface area contributed by atoms with Crippen LogP contribution in [0.4, 0.5) is 0 Å². The molecule has 0 heterocycles. The zero-order chi connectivity index (χ0) is 11.2. The zero-order valence-corrected chi connectivity index (χ0v) is 8.91. The highest BCUT2D eigenvalue weighted by atomic mass is 16.5. The van der Waals surface area contributed by atoms with Crippen molar-refractivity contribution in [1.82, 2.24) is 0 Å². The number of rotatable bonds is 5. The predicted octanol–water partition coefficient (Wildman–Crippen LogP) is 1.10. The average molecular weight is 199 g/mol. The molecule has 0 aliphatic heterocycles. The number of nitrogens with zero attached hydrogens (tertiary/aromatic N) is 1. The first kappa shape index (κ1) is 12.9. The summed E-state index contributed by atoms with van der Waals surface area (Å²) in [5, 5.41) is 18.1. The quantitative estimate of drug-likeness (QED) is 0.673. The predicted molar refractivity (Wildman–Crippen MR) is 51.2 cm³/mol. The Kier molecular flexibility index (Phi) is 5.18. The van der Waals surface area contributed by atoms with Gasteiger partial charge in [-0.3, -0.25) is 4.79 Å². The molecule has 4 heteroatoms. The molecule has 1 N–H and O–H groups in total. The fourth-order valence-electron chi connectivity index (χ4n) is 1.22. The van der Waals surface area contributed by atoms with Crippen LogP contribution in [0.2, 0.25) is 0 Å². The maximum absolute atomic E-state index is 11.5. The minimum Gasteiger partial charge on any atom is -0.465 e. The first-order valence-electron chi connectivity index (χ1n) is 4.78. The van der Waals surface area contributed by atoms with Crippen LogP contribution in [-0.4, -0.2) is 24.3 Å². The van der Waals surface area contributed by atoms with Crippen molar-refractivity contribution in [2.75, 3.05) is 13.2 Å². The standard InChI is InChI=1S/C10H17NO3/c1-4-8(3)10(6-11,7-12)9(13)14-5-2/h8,12H,4-5,7H2,1-3H3. The van der Waals surface area contributed by atoms with Gasteiger partial charge >= 0.3 is 5.97 Å². The van der Waals surface area contributed by atoms with Crippen molar-refractivity contribution in [2.45, 2.75) is 27.2 Å². The van der Waals surface area contributed by atoms with Gasteiger partial charge in [0.15, 0.2) is 5.41 Å². The van der Waals surface area contributed by atoms with Crippen LogP contribution in [0.25, 0.3) is 0 Å². The fourth-order valence-corrected chi connectivity index (χ4v) is 1.22. The van der Waals surface area contributed by atoms with Crippen LogP contribution >= 0.6 is 0 Å². The molecule has 14 heavy (non-hydrogen) atoms. The van der Waals surface area contributed by atoms with Crippen LogP contribution in [0.5, 0.6) is 0 Å². The molecule has 0 radical (unpaired) electrons. The van der Waals surface area contributed by atoms with E-state index in [-0.39, 0.29) is 12.5 Å². The molecular weight excluding hydrogens is 182 g/mol. The first-order valence-corrected chi connectivity index (χ1v) is 4.78. The molecule has 0 aliphatic rings. The Morgan fingerprint density at radius 2 is 2.21 bits per heavy atom. The van der Waals surface area contributed by atoms with Crippen molar-refractivity contribution < 1.29 is 14.6 Å². The van der Waals surface area contributed by atoms with E-state index in [0.717, 1.165) is 0 Å². The third-order valence-electron chi connectivity index (χ3n) is 2.54. The second kappa shape index (κ2) is 5.61. The van der Waals surface area contributed by atoms with Crippen LogP contribution in [0.15, 0.2) is 0 Å². The van der Waals surface area contributed by atoms with Gasteiger partial charge in [-0.05, 0) is 12.8 Å². The number of carbonyl (C=O) groups is 1. The molecule has 0 aromatic rings. The summed E-state index contributed by atoms with van der Waals surface area (Å²) in [4.78, 5) is 11.5. The van der Waals surface area contributed by atoms with E-state index in [0.29, 0.717) is 6.42 Å². The number of ether oxygens (including phenoxy) is 1. The second-order valence-electron chi connectivity index (χ2n) is 3.27. The lowest BCUT2D eigenvalue weighted by Crippen LogP contribution is -2.40. The Labute approximate surface area is 84.5 Å². The number of esters is 1. The van der Waals surface area contributed by atoms with Crippen molar-refractivity contribution in [3.8, 4) is 6.07 Å².